The number of nitrogens with zero attached hydrogens (tertiary/aromatic N) is 1. The number of unbranched alkanes of at least 4 members (excludes halogenated alkanes) is 7. The zero-order valence-corrected chi connectivity index (χ0v) is 16.7. The number of rotatable bonds is 15. The molecular weight excluding hydrogens is 290 g/mol. The van der Waals surface area contributed by atoms with Crippen molar-refractivity contribution in [3.63, 3.8) is 0 Å². The molecule has 24 heavy (non-hydrogen) atoms. The van der Waals surface area contributed by atoms with Crippen LogP contribution in [0.3, 0.4) is 0 Å². The summed E-state index contributed by atoms with van der Waals surface area (Å²) < 4.78 is 1.32. The first-order chi connectivity index (χ1) is 11.8. The van der Waals surface area contributed by atoms with Crippen LogP contribution in [0.5, 0.6) is 0 Å². The minimum Gasteiger partial charge on any atom is -0.320 e. The van der Waals surface area contributed by atoms with Gasteiger partial charge in [-0.1, -0.05) is 89.6 Å². The van der Waals surface area contributed by atoms with Gasteiger partial charge in [0, 0.05) is 5.56 Å². The fraction of sp³-hybridized carbons (Fsp3) is 0.739. The number of quaternary nitrogens is 1. The molecule has 0 radical (unpaired) electrons. The first-order valence-corrected chi connectivity index (χ1v) is 10.7. The molecule has 0 bridgehead atoms. The van der Waals surface area contributed by atoms with Crippen molar-refractivity contribution in [2.24, 2.45) is 0 Å². The van der Waals surface area contributed by atoms with E-state index in [0.29, 0.717) is 0 Å². The van der Waals surface area contributed by atoms with Crippen molar-refractivity contribution in [2.75, 3.05) is 19.6 Å². The summed E-state index contributed by atoms with van der Waals surface area (Å²) in [7, 11) is 0. The van der Waals surface area contributed by atoms with E-state index in [1.165, 1.54) is 100 Å². The lowest BCUT2D eigenvalue weighted by Crippen LogP contribution is -2.49. The van der Waals surface area contributed by atoms with Gasteiger partial charge in [-0.2, -0.15) is 0 Å². The highest BCUT2D eigenvalue weighted by molar-refractivity contribution is 5.13. The molecule has 1 nitrogen and oxygen atoms in total. The molecule has 1 heteroatoms. The zero-order chi connectivity index (χ0) is 17.5. The lowest BCUT2D eigenvalue weighted by atomic mass is 10.1. The summed E-state index contributed by atoms with van der Waals surface area (Å²) in [6, 6.07) is 11.2. The largest absolute Gasteiger partial charge is 0.320 e. The third kappa shape index (κ3) is 8.87. The van der Waals surface area contributed by atoms with E-state index in [0.717, 1.165) is 0 Å². The van der Waals surface area contributed by atoms with Crippen LogP contribution < -0.4 is 0 Å². The molecule has 0 atom stereocenters. The maximum Gasteiger partial charge on any atom is 0.104 e. The molecule has 0 heterocycles. The van der Waals surface area contributed by atoms with E-state index < -0.39 is 0 Å². The lowest BCUT2D eigenvalue weighted by molar-refractivity contribution is -0.941. The quantitative estimate of drug-likeness (QED) is 0.240. The average Bonchev–Trinajstić information content (AvgIpc) is 2.62. The van der Waals surface area contributed by atoms with Crippen molar-refractivity contribution in [3.8, 4) is 0 Å². The van der Waals surface area contributed by atoms with Gasteiger partial charge in [-0.15, -0.1) is 0 Å². The van der Waals surface area contributed by atoms with E-state index in [1.54, 1.807) is 0 Å². The van der Waals surface area contributed by atoms with E-state index in [4.69, 9.17) is 0 Å². The third-order valence-electron chi connectivity index (χ3n) is 5.32. The normalized spacial score (nSPS) is 11.8. The van der Waals surface area contributed by atoms with Crippen LogP contribution >= 0.6 is 0 Å². The van der Waals surface area contributed by atoms with Gasteiger partial charge in [-0.25, -0.2) is 0 Å². The Morgan fingerprint density at radius 2 is 1.08 bits per heavy atom. The summed E-state index contributed by atoms with van der Waals surface area (Å²) in [6.07, 6.45) is 13.8. The minimum atomic E-state index is 1.23. The Hall–Kier alpha value is -0.820. The molecule has 0 unspecified atom stereocenters. The molecular formula is C23H42N+. The molecule has 0 saturated carbocycles. The smallest absolute Gasteiger partial charge is 0.104 e. The molecule has 0 fully saturated rings. The van der Waals surface area contributed by atoms with Gasteiger partial charge in [-0.3, -0.25) is 0 Å². The van der Waals surface area contributed by atoms with Crippen LogP contribution in [0.25, 0.3) is 0 Å². The Morgan fingerprint density at radius 1 is 0.583 bits per heavy atom. The molecule has 1 aromatic rings. The van der Waals surface area contributed by atoms with Crippen molar-refractivity contribution in [2.45, 2.75) is 91.5 Å². The predicted octanol–water partition coefficient (Wildman–Crippen LogP) is 6.96. The monoisotopic (exact) mass is 332 g/mol. The molecule has 0 aliphatic carbocycles. The number of hydrogen-bond acceptors (Lipinski definition) is 0. The van der Waals surface area contributed by atoms with Crippen LogP contribution in [-0.4, -0.2) is 24.1 Å². The molecule has 0 aromatic heterocycles. The van der Waals surface area contributed by atoms with Crippen LogP contribution in [0.2, 0.25) is 0 Å². The van der Waals surface area contributed by atoms with Crippen molar-refractivity contribution in [3.05, 3.63) is 35.9 Å². The van der Waals surface area contributed by atoms with Crippen LogP contribution in [-0.2, 0) is 6.54 Å². The first-order valence-electron chi connectivity index (χ1n) is 10.7. The molecule has 0 aliphatic heterocycles. The fourth-order valence-corrected chi connectivity index (χ4v) is 3.76. The highest BCUT2D eigenvalue weighted by atomic mass is 15.3. The van der Waals surface area contributed by atoms with Crippen molar-refractivity contribution < 1.29 is 4.48 Å². The SMILES string of the molecule is CCCCCCCC[N+](CCCC)(CCCC)Cc1ccccc1. The Morgan fingerprint density at radius 3 is 1.67 bits per heavy atom. The van der Waals surface area contributed by atoms with Gasteiger partial charge < -0.3 is 4.48 Å². The summed E-state index contributed by atoms with van der Waals surface area (Å²) in [4.78, 5) is 0. The second-order valence-electron chi connectivity index (χ2n) is 7.63. The van der Waals surface area contributed by atoms with E-state index in [-0.39, 0.29) is 0 Å². The Kier molecular flexibility index (Phi) is 11.9. The number of benzene rings is 1. The third-order valence-corrected chi connectivity index (χ3v) is 5.32. The molecule has 0 amide bonds. The van der Waals surface area contributed by atoms with Gasteiger partial charge in [0.05, 0.1) is 19.6 Å². The molecule has 0 aliphatic rings. The van der Waals surface area contributed by atoms with Crippen LogP contribution in [0.4, 0.5) is 0 Å². The zero-order valence-electron chi connectivity index (χ0n) is 16.7. The Bertz CT molecular complexity index is 376. The maximum absolute atomic E-state index is 2.34. The minimum absolute atomic E-state index is 1.23. The van der Waals surface area contributed by atoms with E-state index in [1.807, 2.05) is 0 Å². The highest BCUT2D eigenvalue weighted by Gasteiger charge is 2.26. The summed E-state index contributed by atoms with van der Waals surface area (Å²) in [5.41, 5.74) is 1.52. The van der Waals surface area contributed by atoms with Gasteiger partial charge in [-0.05, 0) is 25.7 Å². The van der Waals surface area contributed by atoms with Gasteiger partial charge in [0.15, 0.2) is 0 Å². The van der Waals surface area contributed by atoms with Gasteiger partial charge in [0.1, 0.15) is 6.54 Å². The average molecular weight is 333 g/mol. The van der Waals surface area contributed by atoms with Crippen molar-refractivity contribution in [1.29, 1.82) is 0 Å². The van der Waals surface area contributed by atoms with Crippen LogP contribution in [0.1, 0.15) is 90.5 Å². The Labute approximate surface area is 152 Å². The van der Waals surface area contributed by atoms with Gasteiger partial charge in [0.25, 0.3) is 0 Å². The fourth-order valence-electron chi connectivity index (χ4n) is 3.76. The second kappa shape index (κ2) is 13.5. The topological polar surface area (TPSA) is 0 Å². The van der Waals surface area contributed by atoms with E-state index in [2.05, 4.69) is 51.1 Å². The summed E-state index contributed by atoms with van der Waals surface area (Å²) in [5.74, 6) is 0. The summed E-state index contributed by atoms with van der Waals surface area (Å²) in [6.45, 7) is 12.3. The van der Waals surface area contributed by atoms with Crippen molar-refractivity contribution >= 4 is 0 Å². The number of hydrogen-bond donors (Lipinski definition) is 0. The molecule has 0 saturated heterocycles. The Balaban J connectivity index is 2.65. The first kappa shape index (κ1) is 21.2. The maximum atomic E-state index is 2.34. The predicted molar refractivity (Wildman–Crippen MR) is 108 cm³/mol. The van der Waals surface area contributed by atoms with Gasteiger partial charge in [0.2, 0.25) is 0 Å². The molecule has 0 N–H and O–H groups in total. The molecule has 1 rings (SSSR count). The van der Waals surface area contributed by atoms with Crippen molar-refractivity contribution in [1.82, 2.24) is 0 Å². The molecule has 138 valence electrons. The van der Waals surface area contributed by atoms with Crippen LogP contribution in [0.15, 0.2) is 30.3 Å². The summed E-state index contributed by atoms with van der Waals surface area (Å²) in [5, 5.41) is 0. The van der Waals surface area contributed by atoms with Crippen LogP contribution in [0, 0.1) is 0 Å². The summed E-state index contributed by atoms with van der Waals surface area (Å²) >= 11 is 0. The second-order valence-corrected chi connectivity index (χ2v) is 7.63. The van der Waals surface area contributed by atoms with Gasteiger partial charge >= 0.3 is 0 Å². The molecule has 1 aromatic carbocycles. The highest BCUT2D eigenvalue weighted by Crippen LogP contribution is 2.20. The molecule has 0 spiro atoms. The standard InChI is InChI=1S/C23H42N/c1-4-7-10-11-12-16-21-24(19-8-5-2,20-9-6-3)22-23-17-14-13-15-18-23/h13-15,17-18H,4-12,16,19-22H2,1-3H3/q+1. The van der Waals surface area contributed by atoms with E-state index in [9.17, 15) is 0 Å². The lowest BCUT2D eigenvalue weighted by Gasteiger charge is -2.39. The van der Waals surface area contributed by atoms with E-state index >= 15 is 0 Å².